The van der Waals surface area contributed by atoms with Crippen LogP contribution in [0.5, 0.6) is 5.75 Å². The van der Waals surface area contributed by atoms with Crippen LogP contribution in [0, 0.1) is 0 Å². The molecule has 0 aliphatic rings. The fourth-order valence-corrected chi connectivity index (χ4v) is 1.12. The predicted molar refractivity (Wildman–Crippen MR) is 54.3 cm³/mol. The van der Waals surface area contributed by atoms with E-state index in [0.717, 1.165) is 11.3 Å². The summed E-state index contributed by atoms with van der Waals surface area (Å²) in [4.78, 5) is 0. The summed E-state index contributed by atoms with van der Waals surface area (Å²) in [6, 6.07) is 7.34. The monoisotopic (exact) mass is 196 g/mol. The maximum atomic E-state index is 9.32. The van der Waals surface area contributed by atoms with Gasteiger partial charge in [-0.15, -0.1) is 0 Å². The highest BCUT2D eigenvalue weighted by molar-refractivity contribution is 5.29. The van der Waals surface area contributed by atoms with E-state index in [0.29, 0.717) is 13.0 Å². The van der Waals surface area contributed by atoms with Gasteiger partial charge in [-0.05, 0) is 24.6 Å². The van der Waals surface area contributed by atoms with E-state index >= 15 is 0 Å². The molecule has 2 N–H and O–H groups in total. The van der Waals surface area contributed by atoms with Crippen molar-refractivity contribution < 1.29 is 14.9 Å². The van der Waals surface area contributed by atoms with Gasteiger partial charge in [-0.25, -0.2) is 0 Å². The molecule has 0 heterocycles. The summed E-state index contributed by atoms with van der Waals surface area (Å²) in [5, 5.41) is 17.9. The van der Waals surface area contributed by atoms with Gasteiger partial charge >= 0.3 is 0 Å². The maximum Gasteiger partial charge on any atom is 0.119 e. The van der Waals surface area contributed by atoms with E-state index in [1.165, 1.54) is 0 Å². The Morgan fingerprint density at radius 3 is 2.86 bits per heavy atom. The molecule has 1 aromatic rings. The van der Waals surface area contributed by atoms with Crippen molar-refractivity contribution in [3.05, 3.63) is 29.8 Å². The van der Waals surface area contributed by atoms with E-state index in [2.05, 4.69) is 0 Å². The highest BCUT2D eigenvalue weighted by Gasteiger charge is 2.01. The highest BCUT2D eigenvalue weighted by atomic mass is 16.5. The van der Waals surface area contributed by atoms with Crippen molar-refractivity contribution in [2.24, 2.45) is 0 Å². The van der Waals surface area contributed by atoms with Crippen LogP contribution >= 0.6 is 0 Å². The Kier molecular flexibility index (Phi) is 4.43. The molecular weight excluding hydrogens is 180 g/mol. The number of hydrogen-bond donors (Lipinski definition) is 2. The summed E-state index contributed by atoms with van der Waals surface area (Å²) >= 11 is 0. The molecule has 0 saturated heterocycles. The minimum Gasteiger partial charge on any atom is -0.493 e. The van der Waals surface area contributed by atoms with E-state index < -0.39 is 6.10 Å². The van der Waals surface area contributed by atoms with Gasteiger partial charge in [0.15, 0.2) is 0 Å². The quantitative estimate of drug-likeness (QED) is 0.702. The Morgan fingerprint density at radius 2 is 2.21 bits per heavy atom. The molecule has 1 rings (SSSR count). The van der Waals surface area contributed by atoms with Gasteiger partial charge in [0.1, 0.15) is 5.75 Å². The topological polar surface area (TPSA) is 49.7 Å². The van der Waals surface area contributed by atoms with Crippen molar-refractivity contribution in [1.29, 1.82) is 0 Å². The van der Waals surface area contributed by atoms with E-state index in [1.807, 2.05) is 24.3 Å². The molecule has 3 nitrogen and oxygen atoms in total. The van der Waals surface area contributed by atoms with Gasteiger partial charge in [0.2, 0.25) is 0 Å². The van der Waals surface area contributed by atoms with Crippen LogP contribution in [0.1, 0.15) is 25.0 Å². The van der Waals surface area contributed by atoms with Crippen molar-refractivity contribution >= 4 is 0 Å². The average molecular weight is 196 g/mol. The second-order valence-electron chi connectivity index (χ2n) is 3.17. The zero-order valence-electron chi connectivity index (χ0n) is 8.31. The minimum atomic E-state index is -0.476. The van der Waals surface area contributed by atoms with Crippen molar-refractivity contribution in [2.75, 3.05) is 13.2 Å². The largest absolute Gasteiger partial charge is 0.493 e. The first-order valence-corrected chi connectivity index (χ1v) is 4.75. The van der Waals surface area contributed by atoms with Gasteiger partial charge in [0.25, 0.3) is 0 Å². The first-order chi connectivity index (χ1) is 6.74. The van der Waals surface area contributed by atoms with Crippen LogP contribution < -0.4 is 4.74 Å². The number of aliphatic hydroxyl groups is 2. The summed E-state index contributed by atoms with van der Waals surface area (Å²) in [5.74, 6) is 0.733. The lowest BCUT2D eigenvalue weighted by atomic mass is 10.1. The second kappa shape index (κ2) is 5.62. The summed E-state index contributed by atoms with van der Waals surface area (Å²) in [6.45, 7) is 2.35. The number of hydrogen-bond acceptors (Lipinski definition) is 3. The predicted octanol–water partition coefficient (Wildman–Crippen LogP) is 1.50. The van der Waals surface area contributed by atoms with Crippen molar-refractivity contribution in [3.8, 4) is 5.75 Å². The standard InChI is InChI=1S/C11H16O3/c1-9(13)10-4-2-5-11(8-10)14-7-3-6-12/h2,4-5,8-9,12-13H,3,6-7H2,1H3/t9-/m0/s1. The maximum absolute atomic E-state index is 9.32. The molecule has 0 saturated carbocycles. The molecule has 78 valence electrons. The molecule has 0 aliphatic carbocycles. The van der Waals surface area contributed by atoms with Crippen LogP contribution in [-0.4, -0.2) is 23.4 Å². The van der Waals surface area contributed by atoms with E-state index in [9.17, 15) is 5.11 Å². The third-order valence-electron chi connectivity index (χ3n) is 1.91. The lowest BCUT2D eigenvalue weighted by Gasteiger charge is -2.08. The number of aliphatic hydroxyl groups excluding tert-OH is 2. The number of benzene rings is 1. The van der Waals surface area contributed by atoms with Crippen LogP contribution in [0.25, 0.3) is 0 Å². The molecule has 0 aromatic heterocycles. The highest BCUT2D eigenvalue weighted by Crippen LogP contribution is 2.18. The van der Waals surface area contributed by atoms with Crippen LogP contribution in [-0.2, 0) is 0 Å². The van der Waals surface area contributed by atoms with Crippen molar-refractivity contribution in [2.45, 2.75) is 19.4 Å². The zero-order valence-corrected chi connectivity index (χ0v) is 8.31. The summed E-state index contributed by atoms with van der Waals surface area (Å²) in [7, 11) is 0. The molecule has 14 heavy (non-hydrogen) atoms. The molecule has 0 radical (unpaired) electrons. The lowest BCUT2D eigenvalue weighted by Crippen LogP contribution is -2.00. The molecule has 0 amide bonds. The molecule has 0 unspecified atom stereocenters. The zero-order chi connectivity index (χ0) is 10.4. The van der Waals surface area contributed by atoms with Gasteiger partial charge in [-0.2, -0.15) is 0 Å². The van der Waals surface area contributed by atoms with Crippen molar-refractivity contribution in [1.82, 2.24) is 0 Å². The lowest BCUT2D eigenvalue weighted by molar-refractivity contribution is 0.198. The normalized spacial score (nSPS) is 12.5. The first kappa shape index (κ1) is 11.0. The molecule has 3 heteroatoms. The first-order valence-electron chi connectivity index (χ1n) is 4.75. The molecular formula is C11H16O3. The van der Waals surface area contributed by atoms with Gasteiger partial charge in [0, 0.05) is 13.0 Å². The average Bonchev–Trinajstić information content (AvgIpc) is 2.19. The fourth-order valence-electron chi connectivity index (χ4n) is 1.12. The Bertz CT molecular complexity index is 271. The Morgan fingerprint density at radius 1 is 1.43 bits per heavy atom. The summed E-state index contributed by atoms with van der Waals surface area (Å²) in [5.41, 5.74) is 0.839. The molecule has 1 atom stereocenters. The number of rotatable bonds is 5. The van der Waals surface area contributed by atoms with Gasteiger partial charge in [-0.1, -0.05) is 12.1 Å². The molecule has 1 aromatic carbocycles. The van der Waals surface area contributed by atoms with Crippen LogP contribution in [0.4, 0.5) is 0 Å². The SMILES string of the molecule is C[C@H](O)c1cccc(OCCCO)c1. The third-order valence-corrected chi connectivity index (χ3v) is 1.91. The smallest absolute Gasteiger partial charge is 0.119 e. The van der Waals surface area contributed by atoms with Gasteiger partial charge in [0.05, 0.1) is 12.7 Å². The van der Waals surface area contributed by atoms with Gasteiger partial charge < -0.3 is 14.9 Å². The van der Waals surface area contributed by atoms with Crippen LogP contribution in [0.3, 0.4) is 0 Å². The Balaban J connectivity index is 2.55. The summed E-state index contributed by atoms with van der Waals surface area (Å²) < 4.78 is 5.37. The Labute approximate surface area is 84.0 Å². The minimum absolute atomic E-state index is 0.135. The van der Waals surface area contributed by atoms with Crippen molar-refractivity contribution in [3.63, 3.8) is 0 Å². The third kappa shape index (κ3) is 3.36. The summed E-state index contributed by atoms with van der Waals surface area (Å²) in [6.07, 6.45) is 0.148. The number of ether oxygens (including phenoxy) is 1. The van der Waals surface area contributed by atoms with E-state index in [1.54, 1.807) is 6.92 Å². The van der Waals surface area contributed by atoms with E-state index in [4.69, 9.17) is 9.84 Å². The molecule has 0 aliphatic heterocycles. The van der Waals surface area contributed by atoms with Gasteiger partial charge in [-0.3, -0.25) is 0 Å². The van der Waals surface area contributed by atoms with Crippen LogP contribution in [0.2, 0.25) is 0 Å². The molecule has 0 bridgehead atoms. The van der Waals surface area contributed by atoms with Crippen LogP contribution in [0.15, 0.2) is 24.3 Å². The second-order valence-corrected chi connectivity index (χ2v) is 3.17. The molecule has 0 spiro atoms. The fraction of sp³-hybridized carbons (Fsp3) is 0.455. The van der Waals surface area contributed by atoms with E-state index in [-0.39, 0.29) is 6.61 Å². The Hall–Kier alpha value is -1.06. The molecule has 0 fully saturated rings.